The smallest absolute Gasteiger partial charge is 0.309 e. The van der Waals surface area contributed by atoms with Gasteiger partial charge in [-0.2, -0.15) is 0 Å². The molecule has 0 saturated carbocycles. The molecule has 1 unspecified atom stereocenters. The molecule has 0 aromatic heterocycles. The van der Waals surface area contributed by atoms with E-state index in [1.54, 1.807) is 24.8 Å². The second-order valence-electron chi connectivity index (χ2n) is 6.13. The zero-order chi connectivity index (χ0) is 15.6. The van der Waals surface area contributed by atoms with Crippen molar-refractivity contribution in [1.82, 2.24) is 4.90 Å². The van der Waals surface area contributed by atoms with Crippen LogP contribution in [-0.2, 0) is 4.79 Å². The second-order valence-corrected chi connectivity index (χ2v) is 6.13. The van der Waals surface area contributed by atoms with E-state index < -0.39 is 17.2 Å². The number of likely N-dealkylation sites (tertiary alicyclic amines) is 1. The van der Waals surface area contributed by atoms with Gasteiger partial charge < -0.3 is 10.0 Å². The first-order valence-electron chi connectivity index (χ1n) is 7.10. The number of hydrogen-bond donors (Lipinski definition) is 1. The maximum absolute atomic E-state index is 13.2. The fourth-order valence-corrected chi connectivity index (χ4v) is 2.73. The van der Waals surface area contributed by atoms with Crippen LogP contribution in [0.4, 0.5) is 4.39 Å². The fraction of sp³-hybridized carbons (Fsp3) is 0.500. The molecule has 0 bridgehead atoms. The van der Waals surface area contributed by atoms with E-state index in [4.69, 9.17) is 0 Å². The summed E-state index contributed by atoms with van der Waals surface area (Å²) in [5.74, 6) is -1.63. The Labute approximate surface area is 123 Å². The highest BCUT2D eigenvalue weighted by molar-refractivity contribution is 5.94. The lowest BCUT2D eigenvalue weighted by atomic mass is 9.74. The van der Waals surface area contributed by atoms with E-state index in [-0.39, 0.29) is 11.8 Å². The minimum Gasteiger partial charge on any atom is -0.481 e. The maximum Gasteiger partial charge on any atom is 0.309 e. The molecule has 0 aliphatic carbocycles. The number of benzene rings is 1. The van der Waals surface area contributed by atoms with Crippen molar-refractivity contribution in [3.8, 4) is 0 Å². The van der Waals surface area contributed by atoms with Crippen molar-refractivity contribution >= 4 is 11.9 Å². The molecule has 5 heteroatoms. The number of carboxylic acids is 1. The highest BCUT2D eigenvalue weighted by atomic mass is 19.1. The Morgan fingerprint density at radius 3 is 2.71 bits per heavy atom. The molecule has 114 valence electrons. The Kier molecular flexibility index (Phi) is 4.30. The normalized spacial score (nSPS) is 19.4. The Balaban J connectivity index is 2.14. The van der Waals surface area contributed by atoms with Gasteiger partial charge in [0.1, 0.15) is 5.82 Å². The standard InChI is InChI=1S/C16H20FNO3/c1-16(2,15(20)21)12-6-4-8-18(10-12)14(19)11-5-3-7-13(17)9-11/h3,5,7,9,12H,4,6,8,10H2,1-2H3,(H,20,21). The number of carbonyl (C=O) groups excluding carboxylic acids is 1. The molecule has 1 fully saturated rings. The highest BCUT2D eigenvalue weighted by Crippen LogP contribution is 2.34. The van der Waals surface area contributed by atoms with Crippen molar-refractivity contribution in [2.75, 3.05) is 13.1 Å². The van der Waals surface area contributed by atoms with Gasteiger partial charge in [0, 0.05) is 18.7 Å². The summed E-state index contributed by atoms with van der Waals surface area (Å²) >= 11 is 0. The summed E-state index contributed by atoms with van der Waals surface area (Å²) in [6.45, 7) is 4.36. The van der Waals surface area contributed by atoms with Gasteiger partial charge in [0.25, 0.3) is 5.91 Å². The molecule has 1 heterocycles. The summed E-state index contributed by atoms with van der Waals surface area (Å²) in [5.41, 5.74) is -0.565. The molecule has 1 amide bonds. The molecule has 1 aromatic carbocycles. The van der Waals surface area contributed by atoms with E-state index in [0.717, 1.165) is 12.8 Å². The number of aliphatic carboxylic acids is 1. The van der Waals surface area contributed by atoms with Gasteiger partial charge in [-0.05, 0) is 50.8 Å². The lowest BCUT2D eigenvalue weighted by Gasteiger charge is -2.39. The molecule has 1 saturated heterocycles. The van der Waals surface area contributed by atoms with Crippen LogP contribution in [0, 0.1) is 17.2 Å². The number of hydrogen-bond acceptors (Lipinski definition) is 2. The van der Waals surface area contributed by atoms with E-state index in [1.165, 1.54) is 18.2 Å². The summed E-state index contributed by atoms with van der Waals surface area (Å²) < 4.78 is 13.2. The van der Waals surface area contributed by atoms with Gasteiger partial charge in [0.05, 0.1) is 5.41 Å². The number of nitrogens with zero attached hydrogens (tertiary/aromatic N) is 1. The molecule has 21 heavy (non-hydrogen) atoms. The predicted molar refractivity (Wildman–Crippen MR) is 76.4 cm³/mol. The summed E-state index contributed by atoms with van der Waals surface area (Å²) in [5, 5.41) is 9.32. The molecular formula is C16H20FNO3. The Bertz CT molecular complexity index is 556. The Morgan fingerprint density at radius 2 is 2.10 bits per heavy atom. The average molecular weight is 293 g/mol. The predicted octanol–water partition coefficient (Wildman–Crippen LogP) is 2.79. The lowest BCUT2D eigenvalue weighted by molar-refractivity contribution is -0.151. The molecule has 4 nitrogen and oxygen atoms in total. The molecule has 1 atom stereocenters. The van der Waals surface area contributed by atoms with Crippen molar-refractivity contribution in [3.05, 3.63) is 35.6 Å². The minimum atomic E-state index is -0.874. The zero-order valence-corrected chi connectivity index (χ0v) is 12.3. The second kappa shape index (κ2) is 5.84. The minimum absolute atomic E-state index is 0.0961. The third-order valence-electron chi connectivity index (χ3n) is 4.35. The van der Waals surface area contributed by atoms with Gasteiger partial charge in [-0.3, -0.25) is 9.59 Å². The molecule has 0 spiro atoms. The first-order valence-corrected chi connectivity index (χ1v) is 7.10. The summed E-state index contributed by atoms with van der Waals surface area (Å²) in [6, 6.07) is 5.60. The summed E-state index contributed by atoms with van der Waals surface area (Å²) in [7, 11) is 0. The molecular weight excluding hydrogens is 273 g/mol. The van der Waals surface area contributed by atoms with Gasteiger partial charge in [-0.25, -0.2) is 4.39 Å². The van der Waals surface area contributed by atoms with Crippen LogP contribution in [0.2, 0.25) is 0 Å². The molecule has 1 aromatic rings. The van der Waals surface area contributed by atoms with Crippen LogP contribution in [0.3, 0.4) is 0 Å². The van der Waals surface area contributed by atoms with Crippen LogP contribution in [0.25, 0.3) is 0 Å². The van der Waals surface area contributed by atoms with E-state index in [0.29, 0.717) is 18.7 Å². The van der Waals surface area contributed by atoms with Gasteiger partial charge in [-0.15, -0.1) is 0 Å². The summed E-state index contributed by atoms with van der Waals surface area (Å²) in [6.07, 6.45) is 1.55. The highest BCUT2D eigenvalue weighted by Gasteiger charge is 2.40. The van der Waals surface area contributed by atoms with Crippen molar-refractivity contribution in [1.29, 1.82) is 0 Å². The first kappa shape index (κ1) is 15.5. The quantitative estimate of drug-likeness (QED) is 0.932. The van der Waals surface area contributed by atoms with Gasteiger partial charge in [0.15, 0.2) is 0 Å². The molecule has 0 radical (unpaired) electrons. The first-order chi connectivity index (χ1) is 9.82. The Hall–Kier alpha value is -1.91. The number of rotatable bonds is 3. The number of piperidine rings is 1. The van der Waals surface area contributed by atoms with Crippen LogP contribution in [0.5, 0.6) is 0 Å². The van der Waals surface area contributed by atoms with Crippen molar-refractivity contribution in [2.24, 2.45) is 11.3 Å². The van der Waals surface area contributed by atoms with Gasteiger partial charge in [-0.1, -0.05) is 6.07 Å². The van der Waals surface area contributed by atoms with Crippen molar-refractivity contribution < 1.29 is 19.1 Å². The number of carbonyl (C=O) groups is 2. The lowest BCUT2D eigenvalue weighted by Crippen LogP contribution is -2.46. The Morgan fingerprint density at radius 1 is 1.38 bits per heavy atom. The molecule has 1 aliphatic rings. The topological polar surface area (TPSA) is 57.6 Å². The third-order valence-corrected chi connectivity index (χ3v) is 4.35. The molecule has 1 aliphatic heterocycles. The van der Waals surface area contributed by atoms with Crippen molar-refractivity contribution in [3.63, 3.8) is 0 Å². The summed E-state index contributed by atoms with van der Waals surface area (Å²) in [4.78, 5) is 25.4. The fourth-order valence-electron chi connectivity index (χ4n) is 2.73. The number of halogens is 1. The van der Waals surface area contributed by atoms with E-state index in [1.807, 2.05) is 0 Å². The van der Waals surface area contributed by atoms with Crippen LogP contribution in [0.1, 0.15) is 37.0 Å². The zero-order valence-electron chi connectivity index (χ0n) is 12.3. The molecule has 1 N–H and O–H groups in total. The van der Waals surface area contributed by atoms with Crippen molar-refractivity contribution in [2.45, 2.75) is 26.7 Å². The van der Waals surface area contributed by atoms with Crippen LogP contribution in [0.15, 0.2) is 24.3 Å². The van der Waals surface area contributed by atoms with Crippen LogP contribution < -0.4 is 0 Å². The van der Waals surface area contributed by atoms with Crippen LogP contribution >= 0.6 is 0 Å². The SMILES string of the molecule is CC(C)(C(=O)O)C1CCCN(C(=O)c2cccc(F)c2)C1. The van der Waals surface area contributed by atoms with E-state index >= 15 is 0 Å². The molecule has 2 rings (SSSR count). The third kappa shape index (κ3) is 3.23. The number of amides is 1. The largest absolute Gasteiger partial charge is 0.481 e. The van der Waals surface area contributed by atoms with Gasteiger partial charge in [0.2, 0.25) is 0 Å². The maximum atomic E-state index is 13.2. The van der Waals surface area contributed by atoms with Crippen LogP contribution in [-0.4, -0.2) is 35.0 Å². The van der Waals surface area contributed by atoms with Gasteiger partial charge >= 0.3 is 5.97 Å². The number of carboxylic acid groups (broad SMARTS) is 1. The monoisotopic (exact) mass is 293 g/mol. The average Bonchev–Trinajstić information content (AvgIpc) is 2.46. The van der Waals surface area contributed by atoms with E-state index in [2.05, 4.69) is 0 Å². The van der Waals surface area contributed by atoms with E-state index in [9.17, 15) is 19.1 Å².